The van der Waals surface area contributed by atoms with E-state index in [0.717, 1.165) is 18.5 Å². The van der Waals surface area contributed by atoms with Gasteiger partial charge in [-0.2, -0.15) is 0 Å². The highest BCUT2D eigenvalue weighted by atomic mass is 32.2. The number of rotatable bonds is 5. The molecule has 1 atom stereocenters. The van der Waals surface area contributed by atoms with Crippen LogP contribution in [0.1, 0.15) is 12.8 Å². The van der Waals surface area contributed by atoms with Gasteiger partial charge in [-0.05, 0) is 25.0 Å². The maximum absolute atomic E-state index is 12.6. The van der Waals surface area contributed by atoms with Crippen LogP contribution in [0.4, 0.5) is 5.69 Å². The van der Waals surface area contributed by atoms with E-state index in [2.05, 4.69) is 5.32 Å². The first-order valence-corrected chi connectivity index (χ1v) is 7.99. The third-order valence-corrected chi connectivity index (χ3v) is 4.73. The fourth-order valence-corrected chi connectivity index (χ4v) is 3.44. The first kappa shape index (κ1) is 15.7. The zero-order valence-corrected chi connectivity index (χ0v) is 13.1. The summed E-state index contributed by atoms with van der Waals surface area (Å²) in [6, 6.07) is 7.52. The third-order valence-electron chi connectivity index (χ3n) is 3.46. The van der Waals surface area contributed by atoms with Crippen molar-refractivity contribution in [3.05, 3.63) is 24.3 Å². The van der Waals surface area contributed by atoms with Crippen molar-refractivity contribution in [3.8, 4) is 5.75 Å². The molecule has 0 unspecified atom stereocenters. The monoisotopic (exact) mass is 308 g/mol. The van der Waals surface area contributed by atoms with E-state index in [1.165, 1.54) is 11.8 Å². The second-order valence-electron chi connectivity index (χ2n) is 4.78. The number of hydrogen-bond acceptors (Lipinski definition) is 4. The van der Waals surface area contributed by atoms with Gasteiger partial charge in [0.25, 0.3) is 0 Å². The molecular formula is C15H20N2O3S. The van der Waals surface area contributed by atoms with Crippen molar-refractivity contribution in [2.24, 2.45) is 0 Å². The predicted molar refractivity (Wildman–Crippen MR) is 84.9 cm³/mol. The van der Waals surface area contributed by atoms with E-state index in [0.29, 0.717) is 18.0 Å². The Morgan fingerprint density at radius 2 is 2.24 bits per heavy atom. The highest BCUT2D eigenvalue weighted by molar-refractivity contribution is 8.01. The van der Waals surface area contributed by atoms with Gasteiger partial charge in [0.1, 0.15) is 5.75 Å². The van der Waals surface area contributed by atoms with Crippen LogP contribution in [0.2, 0.25) is 0 Å². The van der Waals surface area contributed by atoms with Gasteiger partial charge in [0.05, 0.1) is 23.8 Å². The summed E-state index contributed by atoms with van der Waals surface area (Å²) in [5, 5.41) is 2.41. The number of amides is 2. The van der Waals surface area contributed by atoms with E-state index >= 15 is 0 Å². The lowest BCUT2D eigenvalue weighted by Crippen LogP contribution is -2.43. The number of ether oxygens (including phenoxy) is 1. The SMILES string of the molecule is CNC(=O)CS[C@@H]1CCCN(c2ccccc2OC)C1=O. The van der Waals surface area contributed by atoms with Gasteiger partial charge in [0.15, 0.2) is 0 Å². The molecule has 0 aliphatic carbocycles. The summed E-state index contributed by atoms with van der Waals surface area (Å²) in [7, 11) is 3.21. The van der Waals surface area contributed by atoms with E-state index in [9.17, 15) is 9.59 Å². The van der Waals surface area contributed by atoms with E-state index in [-0.39, 0.29) is 17.1 Å². The van der Waals surface area contributed by atoms with Gasteiger partial charge >= 0.3 is 0 Å². The standard InChI is InChI=1S/C15H20N2O3S/c1-16-14(18)10-21-13-8-5-9-17(15(13)19)11-6-3-4-7-12(11)20-2/h3-4,6-7,13H,5,8-10H2,1-2H3,(H,16,18)/t13-/m1/s1. The first-order valence-electron chi connectivity index (χ1n) is 6.94. The summed E-state index contributed by atoms with van der Waals surface area (Å²) < 4.78 is 5.33. The zero-order valence-electron chi connectivity index (χ0n) is 12.3. The summed E-state index contributed by atoms with van der Waals surface area (Å²) in [4.78, 5) is 25.7. The minimum atomic E-state index is -0.166. The van der Waals surface area contributed by atoms with Gasteiger partial charge in [-0.25, -0.2) is 0 Å². The summed E-state index contributed by atoms with van der Waals surface area (Å²) in [6.07, 6.45) is 1.74. The van der Waals surface area contributed by atoms with Crippen LogP contribution >= 0.6 is 11.8 Å². The number of methoxy groups -OCH3 is 1. The van der Waals surface area contributed by atoms with Crippen LogP contribution in [-0.4, -0.2) is 43.5 Å². The molecule has 2 amide bonds. The lowest BCUT2D eigenvalue weighted by molar-refractivity contribution is -0.119. The molecule has 1 heterocycles. The number of benzene rings is 1. The number of carbonyl (C=O) groups excluding carboxylic acids is 2. The van der Waals surface area contributed by atoms with Crippen LogP contribution in [0.25, 0.3) is 0 Å². The molecule has 5 nitrogen and oxygen atoms in total. The second kappa shape index (κ2) is 7.36. The van der Waals surface area contributed by atoms with Crippen LogP contribution in [0.5, 0.6) is 5.75 Å². The smallest absolute Gasteiger partial charge is 0.240 e. The summed E-state index contributed by atoms with van der Waals surface area (Å²) in [5.74, 6) is 1.01. The molecule has 1 aliphatic heterocycles. The molecule has 6 heteroatoms. The van der Waals surface area contributed by atoms with E-state index in [1.807, 2.05) is 24.3 Å². The van der Waals surface area contributed by atoms with E-state index < -0.39 is 0 Å². The lowest BCUT2D eigenvalue weighted by atomic mass is 10.1. The number of nitrogens with zero attached hydrogens (tertiary/aromatic N) is 1. The molecule has 1 fully saturated rings. The molecule has 0 bridgehead atoms. The molecule has 0 aromatic heterocycles. The fraction of sp³-hybridized carbons (Fsp3) is 0.467. The van der Waals surface area contributed by atoms with Gasteiger partial charge in [-0.3, -0.25) is 9.59 Å². The van der Waals surface area contributed by atoms with Crippen molar-refractivity contribution >= 4 is 29.3 Å². The molecular weight excluding hydrogens is 288 g/mol. The van der Waals surface area contributed by atoms with Crippen LogP contribution in [0.3, 0.4) is 0 Å². The zero-order chi connectivity index (χ0) is 15.2. The highest BCUT2D eigenvalue weighted by Gasteiger charge is 2.31. The van der Waals surface area contributed by atoms with Crippen molar-refractivity contribution in [3.63, 3.8) is 0 Å². The number of hydrogen-bond donors (Lipinski definition) is 1. The fourth-order valence-electron chi connectivity index (χ4n) is 2.34. The average molecular weight is 308 g/mol. The number of thioether (sulfide) groups is 1. The molecule has 1 aromatic carbocycles. The number of anilines is 1. The summed E-state index contributed by atoms with van der Waals surface area (Å²) >= 11 is 1.41. The molecule has 1 aliphatic rings. The van der Waals surface area contributed by atoms with Crippen molar-refractivity contribution in [2.75, 3.05) is 31.4 Å². The van der Waals surface area contributed by atoms with Gasteiger partial charge in [-0.1, -0.05) is 12.1 Å². The normalized spacial score (nSPS) is 18.5. The average Bonchev–Trinajstić information content (AvgIpc) is 2.53. The number of nitrogens with one attached hydrogen (secondary N) is 1. The second-order valence-corrected chi connectivity index (χ2v) is 5.97. The molecule has 0 radical (unpaired) electrons. The first-order chi connectivity index (χ1) is 10.2. The Labute approximate surface area is 129 Å². The van der Waals surface area contributed by atoms with Crippen molar-refractivity contribution in [1.29, 1.82) is 0 Å². The Kier molecular flexibility index (Phi) is 5.50. The lowest BCUT2D eigenvalue weighted by Gasteiger charge is -2.32. The third kappa shape index (κ3) is 3.69. The highest BCUT2D eigenvalue weighted by Crippen LogP contribution is 2.33. The summed E-state index contributed by atoms with van der Waals surface area (Å²) in [6.45, 7) is 0.691. The molecule has 2 rings (SSSR count). The summed E-state index contributed by atoms with van der Waals surface area (Å²) in [5.41, 5.74) is 0.801. The Morgan fingerprint density at radius 3 is 2.95 bits per heavy atom. The molecule has 1 aromatic rings. The Hall–Kier alpha value is -1.69. The largest absolute Gasteiger partial charge is 0.495 e. The van der Waals surface area contributed by atoms with Crippen molar-refractivity contribution < 1.29 is 14.3 Å². The Balaban J connectivity index is 2.10. The van der Waals surface area contributed by atoms with Gasteiger partial charge < -0.3 is 15.0 Å². The van der Waals surface area contributed by atoms with Crippen molar-refractivity contribution in [1.82, 2.24) is 5.32 Å². The maximum Gasteiger partial charge on any atom is 0.240 e. The molecule has 21 heavy (non-hydrogen) atoms. The quantitative estimate of drug-likeness (QED) is 0.899. The molecule has 0 spiro atoms. The van der Waals surface area contributed by atoms with Gasteiger partial charge in [-0.15, -0.1) is 11.8 Å². The minimum absolute atomic E-state index is 0.0535. The topological polar surface area (TPSA) is 58.6 Å². The van der Waals surface area contributed by atoms with Crippen LogP contribution in [0, 0.1) is 0 Å². The Bertz CT molecular complexity index is 521. The predicted octanol–water partition coefficient (Wildman–Crippen LogP) is 1.67. The molecule has 1 saturated heterocycles. The molecule has 1 N–H and O–H groups in total. The van der Waals surface area contributed by atoms with Crippen LogP contribution < -0.4 is 15.0 Å². The van der Waals surface area contributed by atoms with Crippen LogP contribution in [-0.2, 0) is 9.59 Å². The number of para-hydroxylation sites is 2. The van der Waals surface area contributed by atoms with E-state index in [1.54, 1.807) is 19.1 Å². The van der Waals surface area contributed by atoms with Crippen molar-refractivity contribution in [2.45, 2.75) is 18.1 Å². The number of piperidine rings is 1. The molecule has 0 saturated carbocycles. The van der Waals surface area contributed by atoms with Gasteiger partial charge in [0.2, 0.25) is 11.8 Å². The Morgan fingerprint density at radius 1 is 1.48 bits per heavy atom. The molecule has 114 valence electrons. The minimum Gasteiger partial charge on any atom is -0.495 e. The maximum atomic E-state index is 12.6. The van der Waals surface area contributed by atoms with Gasteiger partial charge in [0, 0.05) is 13.6 Å². The number of carbonyl (C=O) groups is 2. The van der Waals surface area contributed by atoms with Crippen LogP contribution in [0.15, 0.2) is 24.3 Å². The van der Waals surface area contributed by atoms with E-state index in [4.69, 9.17) is 4.74 Å².